The van der Waals surface area contributed by atoms with Crippen LogP contribution in [-0.4, -0.2) is 7.05 Å². The highest BCUT2D eigenvalue weighted by Gasteiger charge is 1.84. The molecule has 3 heteroatoms. The van der Waals surface area contributed by atoms with Gasteiger partial charge in [-0.3, -0.25) is 0 Å². The van der Waals surface area contributed by atoms with Crippen molar-refractivity contribution in [2.24, 2.45) is 5.73 Å². The van der Waals surface area contributed by atoms with Gasteiger partial charge in [-0.25, -0.2) is 0 Å². The molecule has 0 aromatic carbocycles. The third-order valence-corrected chi connectivity index (χ3v) is 1.49. The summed E-state index contributed by atoms with van der Waals surface area (Å²) in [6.45, 7) is 3.75. The largest absolute Gasteiger partial charge is 0.402 e. The summed E-state index contributed by atoms with van der Waals surface area (Å²) in [4.78, 5) is 0. The number of halogens is 1. The molecule has 0 spiro atoms. The van der Waals surface area contributed by atoms with E-state index in [1.165, 1.54) is 0 Å². The first kappa shape index (κ1) is 11.1. The minimum Gasteiger partial charge on any atom is -0.402 e. The summed E-state index contributed by atoms with van der Waals surface area (Å²) < 4.78 is 0. The maximum absolute atomic E-state index is 5.81. The second-order valence-electron chi connectivity index (χ2n) is 2.54. The first-order chi connectivity index (χ1) is 5.56. The highest BCUT2D eigenvalue weighted by atomic mass is 35.5. The van der Waals surface area contributed by atoms with E-state index in [9.17, 15) is 0 Å². The van der Waals surface area contributed by atoms with E-state index in [0.717, 1.165) is 5.70 Å². The Morgan fingerprint density at radius 3 is 2.33 bits per heavy atom. The molecule has 12 heavy (non-hydrogen) atoms. The Labute approximate surface area is 78.8 Å². The summed E-state index contributed by atoms with van der Waals surface area (Å²) in [6, 6.07) is 0. The second kappa shape index (κ2) is 5.72. The van der Waals surface area contributed by atoms with Crippen LogP contribution in [0.3, 0.4) is 0 Å². The average Bonchev–Trinajstić information content (AvgIpc) is 1.99. The molecule has 0 heterocycles. The van der Waals surface area contributed by atoms with Crippen molar-refractivity contribution in [2.75, 3.05) is 7.05 Å². The zero-order chi connectivity index (χ0) is 9.56. The van der Waals surface area contributed by atoms with E-state index in [-0.39, 0.29) is 0 Å². The summed E-state index contributed by atoms with van der Waals surface area (Å²) in [5.74, 6) is 0. The van der Waals surface area contributed by atoms with Gasteiger partial charge in [0.2, 0.25) is 0 Å². The monoisotopic (exact) mass is 186 g/mol. The molecule has 0 atom stereocenters. The van der Waals surface area contributed by atoms with Gasteiger partial charge in [0.25, 0.3) is 0 Å². The fraction of sp³-hybridized carbons (Fsp3) is 0.333. The molecular formula is C9H15ClN2. The van der Waals surface area contributed by atoms with E-state index in [0.29, 0.717) is 10.7 Å². The Kier molecular flexibility index (Phi) is 5.30. The van der Waals surface area contributed by atoms with E-state index in [1.54, 1.807) is 19.1 Å². The summed E-state index contributed by atoms with van der Waals surface area (Å²) >= 11 is 5.81. The van der Waals surface area contributed by atoms with Crippen molar-refractivity contribution >= 4 is 11.6 Å². The van der Waals surface area contributed by atoms with Gasteiger partial charge < -0.3 is 11.1 Å². The highest BCUT2D eigenvalue weighted by molar-refractivity contribution is 6.31. The molecule has 0 aromatic heterocycles. The van der Waals surface area contributed by atoms with Crippen LogP contribution in [0, 0.1) is 0 Å². The second-order valence-corrected chi connectivity index (χ2v) is 2.98. The number of nitrogens with one attached hydrogen (secondary N) is 1. The van der Waals surface area contributed by atoms with Crippen molar-refractivity contribution in [1.29, 1.82) is 0 Å². The third kappa shape index (κ3) is 5.86. The van der Waals surface area contributed by atoms with Gasteiger partial charge in [-0.2, -0.15) is 0 Å². The predicted molar refractivity (Wildman–Crippen MR) is 54.7 cm³/mol. The van der Waals surface area contributed by atoms with E-state index in [4.69, 9.17) is 17.3 Å². The first-order valence-electron chi connectivity index (χ1n) is 3.72. The Bertz CT molecular complexity index is 223. The molecule has 0 fully saturated rings. The van der Waals surface area contributed by atoms with Crippen LogP contribution < -0.4 is 11.1 Å². The van der Waals surface area contributed by atoms with Crippen molar-refractivity contribution in [1.82, 2.24) is 5.32 Å². The Morgan fingerprint density at radius 1 is 1.33 bits per heavy atom. The van der Waals surface area contributed by atoms with Gasteiger partial charge in [-0.05, 0) is 32.1 Å². The lowest BCUT2D eigenvalue weighted by Crippen LogP contribution is -2.00. The van der Waals surface area contributed by atoms with E-state index in [2.05, 4.69) is 5.32 Å². The SMILES string of the molecule is CN/C(C)=C/C=C(Cl)\C=C(/C)N. The van der Waals surface area contributed by atoms with Crippen LogP contribution in [0.2, 0.25) is 0 Å². The van der Waals surface area contributed by atoms with Gasteiger partial charge in [0.05, 0.1) is 0 Å². The van der Waals surface area contributed by atoms with Crippen molar-refractivity contribution in [3.05, 3.63) is 34.7 Å². The van der Waals surface area contributed by atoms with Crippen molar-refractivity contribution in [3.8, 4) is 0 Å². The van der Waals surface area contributed by atoms with Gasteiger partial charge in [-0.15, -0.1) is 0 Å². The van der Waals surface area contributed by atoms with E-state index in [1.807, 2.05) is 20.0 Å². The topological polar surface area (TPSA) is 38.0 Å². The van der Waals surface area contributed by atoms with Crippen LogP contribution in [0.5, 0.6) is 0 Å². The molecule has 3 N–H and O–H groups in total. The van der Waals surface area contributed by atoms with Gasteiger partial charge in [0.1, 0.15) is 0 Å². The Morgan fingerprint density at radius 2 is 1.92 bits per heavy atom. The lowest BCUT2D eigenvalue weighted by Gasteiger charge is -1.95. The lowest BCUT2D eigenvalue weighted by atomic mass is 10.3. The molecule has 0 aromatic rings. The molecule has 0 aliphatic carbocycles. The van der Waals surface area contributed by atoms with Crippen molar-refractivity contribution in [2.45, 2.75) is 13.8 Å². The predicted octanol–water partition coefficient (Wildman–Crippen LogP) is 2.09. The standard InChI is InChI=1S/C9H15ClN2/c1-7(11)6-9(10)5-4-8(2)12-3/h4-6,12H,11H2,1-3H3/b7-6+,8-4+,9-5+. The van der Waals surface area contributed by atoms with Crippen LogP contribution >= 0.6 is 11.6 Å². The first-order valence-corrected chi connectivity index (χ1v) is 4.09. The molecular weight excluding hydrogens is 172 g/mol. The zero-order valence-electron chi connectivity index (χ0n) is 7.69. The molecule has 0 saturated heterocycles. The number of hydrogen-bond donors (Lipinski definition) is 2. The van der Waals surface area contributed by atoms with Gasteiger partial charge in [0, 0.05) is 23.5 Å². The molecule has 0 aliphatic rings. The summed E-state index contributed by atoms with van der Waals surface area (Å²) in [6.07, 6.45) is 5.40. The van der Waals surface area contributed by atoms with Crippen molar-refractivity contribution in [3.63, 3.8) is 0 Å². The van der Waals surface area contributed by atoms with E-state index < -0.39 is 0 Å². The number of hydrogen-bond acceptors (Lipinski definition) is 2. The van der Waals surface area contributed by atoms with Gasteiger partial charge in [-0.1, -0.05) is 11.6 Å². The quantitative estimate of drug-likeness (QED) is 0.663. The number of allylic oxidation sites excluding steroid dienone is 6. The minimum atomic E-state index is 0.629. The normalized spacial score (nSPS) is 14.8. The number of rotatable bonds is 3. The summed E-state index contributed by atoms with van der Waals surface area (Å²) in [5.41, 5.74) is 7.18. The van der Waals surface area contributed by atoms with Crippen LogP contribution in [0.25, 0.3) is 0 Å². The fourth-order valence-corrected chi connectivity index (χ4v) is 0.789. The molecule has 0 rings (SSSR count). The molecule has 2 nitrogen and oxygen atoms in total. The molecule has 0 saturated carbocycles. The smallest absolute Gasteiger partial charge is 0.0423 e. The molecule has 0 aliphatic heterocycles. The molecule has 0 radical (unpaired) electrons. The van der Waals surface area contributed by atoms with Gasteiger partial charge >= 0.3 is 0 Å². The number of nitrogens with two attached hydrogens (primary N) is 1. The summed E-state index contributed by atoms with van der Waals surface area (Å²) in [5, 5.41) is 3.61. The Balaban J connectivity index is 4.28. The lowest BCUT2D eigenvalue weighted by molar-refractivity contribution is 0.990. The fourth-order valence-electron chi connectivity index (χ4n) is 0.554. The Hall–Kier alpha value is -0.890. The molecule has 68 valence electrons. The third-order valence-electron chi connectivity index (χ3n) is 1.25. The minimum absolute atomic E-state index is 0.629. The summed E-state index contributed by atoms with van der Waals surface area (Å²) in [7, 11) is 1.86. The maximum atomic E-state index is 5.81. The van der Waals surface area contributed by atoms with Crippen LogP contribution in [0.1, 0.15) is 13.8 Å². The van der Waals surface area contributed by atoms with Crippen molar-refractivity contribution < 1.29 is 0 Å². The average molecular weight is 187 g/mol. The molecule has 0 unspecified atom stereocenters. The molecule has 0 amide bonds. The zero-order valence-corrected chi connectivity index (χ0v) is 8.44. The molecule has 0 bridgehead atoms. The van der Waals surface area contributed by atoms with Crippen LogP contribution in [0.4, 0.5) is 0 Å². The van der Waals surface area contributed by atoms with Crippen LogP contribution in [0.15, 0.2) is 34.7 Å². The van der Waals surface area contributed by atoms with Gasteiger partial charge in [0.15, 0.2) is 0 Å². The highest BCUT2D eigenvalue weighted by Crippen LogP contribution is 2.05. The maximum Gasteiger partial charge on any atom is 0.0423 e. The van der Waals surface area contributed by atoms with E-state index >= 15 is 0 Å². The van der Waals surface area contributed by atoms with Crippen LogP contribution in [-0.2, 0) is 0 Å².